The minimum Gasteiger partial charge on any atom is -0.325 e. The number of nitrogens with one attached hydrogen (secondary N) is 1. The maximum atomic E-state index is 12.6. The molecule has 2 aromatic heterocycles. The van der Waals surface area contributed by atoms with Gasteiger partial charge in [-0.25, -0.2) is 4.98 Å². The monoisotopic (exact) mass is 453 g/mol. The highest BCUT2D eigenvalue weighted by Gasteiger charge is 2.17. The van der Waals surface area contributed by atoms with E-state index in [9.17, 15) is 9.59 Å². The van der Waals surface area contributed by atoms with E-state index in [1.54, 1.807) is 24.3 Å². The van der Waals surface area contributed by atoms with Gasteiger partial charge in [0.05, 0.1) is 16.8 Å². The molecule has 3 aromatic carbocycles. The first-order valence-corrected chi connectivity index (χ1v) is 11.3. The van der Waals surface area contributed by atoms with E-state index < -0.39 is 0 Å². The molecule has 0 saturated heterocycles. The van der Waals surface area contributed by atoms with Crippen molar-refractivity contribution in [1.29, 1.82) is 0 Å². The molecule has 162 valence electrons. The van der Waals surface area contributed by atoms with Gasteiger partial charge in [-0.1, -0.05) is 66.4 Å². The summed E-state index contributed by atoms with van der Waals surface area (Å²) in [6.07, 6.45) is 0. The van der Waals surface area contributed by atoms with E-state index in [0.29, 0.717) is 21.9 Å². The molecule has 33 heavy (non-hydrogen) atoms. The van der Waals surface area contributed by atoms with Crippen LogP contribution in [0.1, 0.15) is 17.3 Å². The van der Waals surface area contributed by atoms with Crippen molar-refractivity contribution in [3.8, 4) is 11.4 Å². The Morgan fingerprint density at radius 3 is 2.55 bits per heavy atom. The van der Waals surface area contributed by atoms with Crippen molar-refractivity contribution in [1.82, 2.24) is 19.6 Å². The summed E-state index contributed by atoms with van der Waals surface area (Å²) in [6.45, 7) is 1.50. The van der Waals surface area contributed by atoms with Crippen LogP contribution in [0.3, 0.4) is 0 Å². The molecule has 0 aliphatic heterocycles. The number of para-hydroxylation sites is 2. The first kappa shape index (κ1) is 20.8. The van der Waals surface area contributed by atoms with E-state index in [-0.39, 0.29) is 17.4 Å². The fraction of sp³-hybridized carbons (Fsp3) is 0.0800. The lowest BCUT2D eigenvalue weighted by Gasteiger charge is -2.09. The van der Waals surface area contributed by atoms with Crippen LogP contribution < -0.4 is 5.32 Å². The van der Waals surface area contributed by atoms with Gasteiger partial charge in [-0.15, -0.1) is 10.2 Å². The largest absolute Gasteiger partial charge is 0.325 e. The van der Waals surface area contributed by atoms with Gasteiger partial charge in [0.15, 0.2) is 17.3 Å². The number of benzene rings is 3. The molecule has 0 fully saturated rings. The van der Waals surface area contributed by atoms with Crippen LogP contribution in [0.4, 0.5) is 5.69 Å². The second-order valence-corrected chi connectivity index (χ2v) is 8.39. The molecule has 0 saturated carbocycles. The Morgan fingerprint density at radius 2 is 1.73 bits per heavy atom. The van der Waals surface area contributed by atoms with Gasteiger partial charge in [-0.3, -0.25) is 14.0 Å². The number of hydrogen-bond acceptors (Lipinski definition) is 6. The number of aromatic nitrogens is 4. The Kier molecular flexibility index (Phi) is 5.58. The number of carbonyl (C=O) groups is 2. The maximum Gasteiger partial charge on any atom is 0.234 e. The van der Waals surface area contributed by atoms with E-state index >= 15 is 0 Å². The number of amides is 1. The number of hydrogen-bond donors (Lipinski definition) is 1. The molecule has 8 heteroatoms. The predicted molar refractivity (Wildman–Crippen MR) is 130 cm³/mol. The van der Waals surface area contributed by atoms with E-state index in [4.69, 9.17) is 4.98 Å². The number of Topliss-reactive ketones (excluding diaryl/α,β-unsaturated/α-hetero) is 1. The molecule has 0 aliphatic carbocycles. The molecule has 0 spiro atoms. The molecule has 0 unspecified atom stereocenters. The smallest absolute Gasteiger partial charge is 0.234 e. The van der Waals surface area contributed by atoms with Gasteiger partial charge in [0.1, 0.15) is 5.03 Å². The van der Waals surface area contributed by atoms with Crippen LogP contribution in [0.5, 0.6) is 0 Å². The second-order valence-electron chi connectivity index (χ2n) is 7.43. The third-order valence-corrected chi connectivity index (χ3v) is 6.08. The standard InChI is InChI=1S/C25H19N5O2S/c1-16(31)18-10-7-11-19(14-18)26-22(32)15-33-25-24-29-28-23(17-8-3-2-4-9-17)30(24)21-13-6-5-12-20(21)27-25/h2-14H,15H2,1H3,(H,26,32). The number of anilines is 1. The van der Waals surface area contributed by atoms with Crippen LogP contribution in [0, 0.1) is 0 Å². The van der Waals surface area contributed by atoms with Gasteiger partial charge in [0.25, 0.3) is 0 Å². The lowest BCUT2D eigenvalue weighted by molar-refractivity contribution is -0.113. The fourth-order valence-electron chi connectivity index (χ4n) is 3.58. The SMILES string of the molecule is CC(=O)c1cccc(NC(=O)CSc2nc3ccccc3n3c(-c4ccccc4)nnc23)c1. The first-order valence-electron chi connectivity index (χ1n) is 10.3. The Balaban J connectivity index is 1.46. The summed E-state index contributed by atoms with van der Waals surface area (Å²) in [5.41, 5.74) is 4.36. The molecule has 5 rings (SSSR count). The summed E-state index contributed by atoms with van der Waals surface area (Å²) in [5.74, 6) is 0.608. The normalized spacial score (nSPS) is 11.1. The summed E-state index contributed by atoms with van der Waals surface area (Å²) in [7, 11) is 0. The molecule has 0 aliphatic rings. The second kappa shape index (κ2) is 8.84. The lowest BCUT2D eigenvalue weighted by Crippen LogP contribution is -2.14. The molecule has 2 heterocycles. The van der Waals surface area contributed by atoms with Gasteiger partial charge < -0.3 is 5.32 Å². The van der Waals surface area contributed by atoms with Crippen LogP contribution in [0.25, 0.3) is 28.1 Å². The Bertz CT molecular complexity index is 1500. The lowest BCUT2D eigenvalue weighted by atomic mass is 10.1. The van der Waals surface area contributed by atoms with E-state index in [1.165, 1.54) is 18.7 Å². The average Bonchev–Trinajstić information content (AvgIpc) is 3.29. The zero-order valence-electron chi connectivity index (χ0n) is 17.7. The van der Waals surface area contributed by atoms with Crippen molar-refractivity contribution >= 4 is 45.8 Å². The Labute approximate surface area is 193 Å². The van der Waals surface area contributed by atoms with Crippen molar-refractivity contribution in [2.75, 3.05) is 11.1 Å². The molecular weight excluding hydrogens is 434 g/mol. The number of ketones is 1. The number of thioether (sulfide) groups is 1. The van der Waals surface area contributed by atoms with E-state index in [0.717, 1.165) is 22.4 Å². The number of rotatable bonds is 6. The van der Waals surface area contributed by atoms with Gasteiger partial charge in [0.2, 0.25) is 5.91 Å². The summed E-state index contributed by atoms with van der Waals surface area (Å²) < 4.78 is 1.98. The van der Waals surface area contributed by atoms with Crippen LogP contribution in [-0.4, -0.2) is 37.0 Å². The summed E-state index contributed by atoms with van der Waals surface area (Å²) in [4.78, 5) is 28.9. The molecule has 5 aromatic rings. The van der Waals surface area contributed by atoms with Gasteiger partial charge >= 0.3 is 0 Å². The first-order chi connectivity index (χ1) is 16.1. The van der Waals surface area contributed by atoms with Crippen molar-refractivity contribution in [2.45, 2.75) is 11.9 Å². The predicted octanol–water partition coefficient (Wildman–Crippen LogP) is 4.88. The molecule has 7 nitrogen and oxygen atoms in total. The summed E-state index contributed by atoms with van der Waals surface area (Å²) >= 11 is 1.30. The maximum absolute atomic E-state index is 12.6. The third kappa shape index (κ3) is 4.20. The summed E-state index contributed by atoms with van der Waals surface area (Å²) in [6, 6.07) is 24.5. The van der Waals surface area contributed by atoms with Gasteiger partial charge in [0, 0.05) is 16.8 Å². The topological polar surface area (TPSA) is 89.2 Å². The van der Waals surface area contributed by atoms with Crippen LogP contribution >= 0.6 is 11.8 Å². The molecule has 1 N–H and O–H groups in total. The number of nitrogens with zero attached hydrogens (tertiary/aromatic N) is 4. The molecule has 0 bridgehead atoms. The van der Waals surface area contributed by atoms with Crippen molar-refractivity contribution in [2.24, 2.45) is 0 Å². The van der Waals surface area contributed by atoms with Crippen LogP contribution in [-0.2, 0) is 4.79 Å². The Hall–Kier alpha value is -4.04. The minimum atomic E-state index is -0.198. The molecular formula is C25H19N5O2S. The quantitative estimate of drug-likeness (QED) is 0.291. The minimum absolute atomic E-state index is 0.0516. The highest BCUT2D eigenvalue weighted by atomic mass is 32.2. The van der Waals surface area contributed by atoms with Crippen molar-refractivity contribution in [3.05, 3.63) is 84.4 Å². The van der Waals surface area contributed by atoms with Gasteiger partial charge in [-0.2, -0.15) is 0 Å². The Morgan fingerprint density at radius 1 is 0.939 bits per heavy atom. The number of carbonyl (C=O) groups excluding carboxylic acids is 2. The van der Waals surface area contributed by atoms with Gasteiger partial charge in [-0.05, 0) is 31.2 Å². The fourth-order valence-corrected chi connectivity index (χ4v) is 4.34. The zero-order chi connectivity index (χ0) is 22.8. The number of fused-ring (bicyclic) bond motifs is 3. The molecule has 1 amide bonds. The molecule has 0 radical (unpaired) electrons. The van der Waals surface area contributed by atoms with E-state index in [1.807, 2.05) is 59.0 Å². The van der Waals surface area contributed by atoms with Crippen LogP contribution in [0.15, 0.2) is 83.9 Å². The molecule has 0 atom stereocenters. The third-order valence-electron chi connectivity index (χ3n) is 5.12. The highest BCUT2D eigenvalue weighted by molar-refractivity contribution is 8.00. The van der Waals surface area contributed by atoms with Crippen molar-refractivity contribution < 1.29 is 9.59 Å². The van der Waals surface area contributed by atoms with Crippen molar-refractivity contribution in [3.63, 3.8) is 0 Å². The highest BCUT2D eigenvalue weighted by Crippen LogP contribution is 2.29. The average molecular weight is 454 g/mol. The van der Waals surface area contributed by atoms with Crippen LogP contribution in [0.2, 0.25) is 0 Å². The zero-order valence-corrected chi connectivity index (χ0v) is 18.5. The van der Waals surface area contributed by atoms with E-state index in [2.05, 4.69) is 15.5 Å². The summed E-state index contributed by atoms with van der Waals surface area (Å²) in [5, 5.41) is 12.3.